The van der Waals surface area contributed by atoms with E-state index in [0.29, 0.717) is 29.4 Å². The minimum absolute atomic E-state index is 0.0411. The normalized spacial score (nSPS) is 14.9. The molecule has 172 valence electrons. The Balaban J connectivity index is 1.68. The van der Waals surface area contributed by atoms with Gasteiger partial charge in [0, 0.05) is 11.6 Å². The van der Waals surface area contributed by atoms with Gasteiger partial charge < -0.3 is 9.47 Å². The average Bonchev–Trinajstić information content (AvgIpc) is 2.81. The summed E-state index contributed by atoms with van der Waals surface area (Å²) in [4.78, 5) is 27.3. The van der Waals surface area contributed by atoms with Gasteiger partial charge in [0.2, 0.25) is 0 Å². The lowest BCUT2D eigenvalue weighted by Gasteiger charge is -2.29. The Hall–Kier alpha value is -3.97. The van der Waals surface area contributed by atoms with Crippen LogP contribution in [0.2, 0.25) is 0 Å². The number of rotatable bonds is 6. The molecule has 0 atom stereocenters. The van der Waals surface area contributed by atoms with Crippen molar-refractivity contribution in [2.45, 2.75) is 20.5 Å². The van der Waals surface area contributed by atoms with Crippen LogP contribution in [0, 0.1) is 13.8 Å². The van der Waals surface area contributed by atoms with Gasteiger partial charge in [-0.05, 0) is 62.0 Å². The average molecular weight is 473 g/mol. The van der Waals surface area contributed by atoms with Crippen molar-refractivity contribution in [3.05, 3.63) is 94.6 Å². The third-order valence-corrected chi connectivity index (χ3v) is 5.60. The molecule has 0 aromatic heterocycles. The summed E-state index contributed by atoms with van der Waals surface area (Å²) in [5.74, 6) is 0.0318. The fraction of sp³-hybridized carbons (Fsp3) is 0.148. The van der Waals surface area contributed by atoms with Crippen LogP contribution in [0.15, 0.2) is 72.3 Å². The number of hydrogen-bond donors (Lipinski definition) is 1. The maximum Gasteiger partial charge on any atom is 0.270 e. The summed E-state index contributed by atoms with van der Waals surface area (Å²) >= 11 is 5.26. The van der Waals surface area contributed by atoms with Crippen LogP contribution in [0.3, 0.4) is 0 Å². The molecule has 4 rings (SSSR count). The van der Waals surface area contributed by atoms with Gasteiger partial charge in [-0.25, -0.2) is 0 Å². The van der Waals surface area contributed by atoms with E-state index in [2.05, 4.69) is 23.5 Å². The van der Waals surface area contributed by atoms with Crippen molar-refractivity contribution in [3.8, 4) is 11.5 Å². The lowest BCUT2D eigenvalue weighted by atomic mass is 10.1. The summed E-state index contributed by atoms with van der Waals surface area (Å²) in [6.07, 6.45) is 1.52. The molecular formula is C27H24N2O4S. The van der Waals surface area contributed by atoms with Crippen molar-refractivity contribution >= 4 is 40.9 Å². The molecule has 0 aliphatic carbocycles. The molecule has 3 aromatic rings. The highest BCUT2D eigenvalue weighted by Crippen LogP contribution is 2.29. The van der Waals surface area contributed by atoms with Crippen molar-refractivity contribution in [1.29, 1.82) is 0 Å². The molecule has 3 aromatic carbocycles. The van der Waals surface area contributed by atoms with E-state index in [1.54, 1.807) is 49.6 Å². The van der Waals surface area contributed by atoms with Crippen molar-refractivity contribution in [2.75, 3.05) is 12.0 Å². The molecule has 0 unspecified atom stereocenters. The number of nitrogens with zero attached hydrogens (tertiary/aromatic N) is 1. The maximum absolute atomic E-state index is 13.3. The van der Waals surface area contributed by atoms with Crippen LogP contribution >= 0.6 is 12.2 Å². The number of carbonyl (C=O) groups excluding carboxylic acids is 2. The molecule has 0 bridgehead atoms. The second-order valence-corrected chi connectivity index (χ2v) is 8.37. The molecule has 1 N–H and O–H groups in total. The van der Waals surface area contributed by atoms with Crippen LogP contribution in [0.4, 0.5) is 5.69 Å². The first kappa shape index (κ1) is 23.2. The van der Waals surface area contributed by atoms with Gasteiger partial charge in [0.05, 0.1) is 12.8 Å². The van der Waals surface area contributed by atoms with E-state index in [1.807, 2.05) is 19.9 Å². The zero-order chi connectivity index (χ0) is 24.2. The molecule has 1 aliphatic rings. The van der Waals surface area contributed by atoms with Crippen LogP contribution in [0.25, 0.3) is 6.08 Å². The number of thiocarbonyl (C=S) groups is 1. The predicted molar refractivity (Wildman–Crippen MR) is 136 cm³/mol. The third-order valence-electron chi connectivity index (χ3n) is 5.31. The number of ether oxygens (including phenoxy) is 2. The lowest BCUT2D eigenvalue weighted by Crippen LogP contribution is -2.54. The van der Waals surface area contributed by atoms with Gasteiger partial charge in [0.1, 0.15) is 23.7 Å². The molecule has 0 radical (unpaired) electrons. The second kappa shape index (κ2) is 9.89. The van der Waals surface area contributed by atoms with Gasteiger partial charge in [-0.15, -0.1) is 0 Å². The van der Waals surface area contributed by atoms with E-state index in [4.69, 9.17) is 21.7 Å². The van der Waals surface area contributed by atoms with E-state index < -0.39 is 11.8 Å². The number of methoxy groups -OCH3 is 1. The fourth-order valence-electron chi connectivity index (χ4n) is 3.82. The number of hydrogen-bond acceptors (Lipinski definition) is 5. The third kappa shape index (κ3) is 5.00. The number of benzene rings is 3. The summed E-state index contributed by atoms with van der Waals surface area (Å²) in [5, 5.41) is 2.65. The van der Waals surface area contributed by atoms with Gasteiger partial charge in [0.15, 0.2) is 5.11 Å². The first-order valence-corrected chi connectivity index (χ1v) is 11.1. The SMILES string of the molecule is COc1ccc(/C=C2/C(=O)NC(=S)N(c3ccccc3)C2=O)c(OCc2cc(C)cc(C)c2)c1. The minimum atomic E-state index is -0.557. The van der Waals surface area contributed by atoms with Crippen molar-refractivity contribution in [3.63, 3.8) is 0 Å². The minimum Gasteiger partial charge on any atom is -0.497 e. The molecule has 1 fully saturated rings. The number of amides is 2. The highest BCUT2D eigenvalue weighted by atomic mass is 32.1. The first-order chi connectivity index (χ1) is 16.4. The summed E-state index contributed by atoms with van der Waals surface area (Å²) in [7, 11) is 1.57. The molecule has 7 heteroatoms. The maximum atomic E-state index is 13.3. The molecule has 34 heavy (non-hydrogen) atoms. The van der Waals surface area contributed by atoms with E-state index >= 15 is 0 Å². The molecule has 1 saturated heterocycles. The molecule has 1 heterocycles. The molecule has 0 spiro atoms. The van der Waals surface area contributed by atoms with Crippen molar-refractivity contribution in [2.24, 2.45) is 0 Å². The van der Waals surface area contributed by atoms with Crippen LogP contribution in [0.1, 0.15) is 22.3 Å². The quantitative estimate of drug-likeness (QED) is 0.319. The van der Waals surface area contributed by atoms with Gasteiger partial charge in [-0.2, -0.15) is 0 Å². The van der Waals surface area contributed by atoms with Gasteiger partial charge >= 0.3 is 0 Å². The van der Waals surface area contributed by atoms with Crippen LogP contribution in [-0.4, -0.2) is 24.0 Å². The largest absolute Gasteiger partial charge is 0.497 e. The highest BCUT2D eigenvalue weighted by Gasteiger charge is 2.34. The zero-order valence-electron chi connectivity index (χ0n) is 19.1. The Labute approximate surface area is 203 Å². The van der Waals surface area contributed by atoms with Crippen LogP contribution in [0.5, 0.6) is 11.5 Å². The molecule has 0 saturated carbocycles. The molecule has 6 nitrogen and oxygen atoms in total. The summed E-state index contributed by atoms with van der Waals surface area (Å²) in [6, 6.07) is 20.4. The van der Waals surface area contributed by atoms with E-state index in [-0.39, 0.29) is 10.7 Å². The van der Waals surface area contributed by atoms with Gasteiger partial charge in [0.25, 0.3) is 11.8 Å². The predicted octanol–water partition coefficient (Wildman–Crippen LogP) is 4.72. The van der Waals surface area contributed by atoms with E-state index in [0.717, 1.165) is 16.7 Å². The standard InChI is InChI=1S/C27H24N2O4S/c1-17-11-18(2)13-19(12-17)16-33-24-15-22(32-3)10-9-20(24)14-23-25(30)28-27(34)29(26(23)31)21-7-5-4-6-8-21/h4-15H,16H2,1-3H3,(H,28,30,34)/b23-14-. The van der Waals surface area contributed by atoms with Crippen LogP contribution < -0.4 is 19.7 Å². The summed E-state index contributed by atoms with van der Waals surface area (Å²) in [6.45, 7) is 4.40. The Bertz CT molecular complexity index is 1280. The molecule has 1 aliphatic heterocycles. The number of aryl methyl sites for hydroxylation is 2. The number of anilines is 1. The summed E-state index contributed by atoms with van der Waals surface area (Å²) < 4.78 is 11.5. The Morgan fingerprint density at radius 2 is 1.68 bits per heavy atom. The van der Waals surface area contributed by atoms with E-state index in [1.165, 1.54) is 11.0 Å². The number of nitrogens with one attached hydrogen (secondary N) is 1. The number of carbonyl (C=O) groups is 2. The highest BCUT2D eigenvalue weighted by molar-refractivity contribution is 7.80. The lowest BCUT2D eigenvalue weighted by molar-refractivity contribution is -0.122. The van der Waals surface area contributed by atoms with Crippen LogP contribution in [-0.2, 0) is 16.2 Å². The monoisotopic (exact) mass is 472 g/mol. The van der Waals surface area contributed by atoms with E-state index in [9.17, 15) is 9.59 Å². The fourth-order valence-corrected chi connectivity index (χ4v) is 4.10. The Morgan fingerprint density at radius 3 is 2.35 bits per heavy atom. The molecule has 2 amide bonds. The second-order valence-electron chi connectivity index (χ2n) is 7.98. The Morgan fingerprint density at radius 1 is 0.971 bits per heavy atom. The van der Waals surface area contributed by atoms with Gasteiger partial charge in [-0.1, -0.05) is 47.5 Å². The first-order valence-electron chi connectivity index (χ1n) is 10.7. The van der Waals surface area contributed by atoms with Crippen molar-refractivity contribution < 1.29 is 19.1 Å². The number of para-hydroxylation sites is 1. The molecular weight excluding hydrogens is 448 g/mol. The van der Waals surface area contributed by atoms with Crippen molar-refractivity contribution in [1.82, 2.24) is 5.32 Å². The Kier molecular flexibility index (Phi) is 6.75. The summed E-state index contributed by atoms with van der Waals surface area (Å²) in [5.41, 5.74) is 4.42. The van der Waals surface area contributed by atoms with Gasteiger partial charge in [-0.3, -0.25) is 19.8 Å². The topological polar surface area (TPSA) is 67.9 Å². The smallest absolute Gasteiger partial charge is 0.270 e. The zero-order valence-corrected chi connectivity index (χ0v) is 19.9.